The van der Waals surface area contributed by atoms with E-state index >= 15 is 0 Å². The van der Waals surface area contributed by atoms with E-state index in [9.17, 15) is 9.59 Å². The number of allylic oxidation sites excluding steroid dienone is 1. The van der Waals surface area contributed by atoms with Crippen molar-refractivity contribution in [3.63, 3.8) is 0 Å². The van der Waals surface area contributed by atoms with Crippen molar-refractivity contribution in [1.29, 1.82) is 0 Å². The van der Waals surface area contributed by atoms with E-state index in [2.05, 4.69) is 0 Å². The Balaban J connectivity index is 2.21. The fourth-order valence-corrected chi connectivity index (χ4v) is 1.66. The number of carbonyl (C=O) groups is 2. The fourth-order valence-electron chi connectivity index (χ4n) is 1.60. The molecule has 20 heavy (non-hydrogen) atoms. The van der Waals surface area contributed by atoms with Crippen molar-refractivity contribution in [2.75, 3.05) is 0 Å². The molecule has 3 nitrogen and oxygen atoms in total. The summed E-state index contributed by atoms with van der Waals surface area (Å²) >= 11 is 5.25. The minimum atomic E-state index is -0.589. The molecule has 0 aliphatic heterocycles. The standard InChI is InChI=1S/C16H11ClO3/c17-15(18)11-10-12-6-4-5-9-14(12)20-16(19)13-7-2-1-3-8-13/h1-11H/b11-10+. The Hall–Kier alpha value is -2.39. The highest BCUT2D eigenvalue weighted by atomic mass is 35.5. The zero-order chi connectivity index (χ0) is 14.4. The van der Waals surface area contributed by atoms with Gasteiger partial charge in [-0.05, 0) is 42.0 Å². The first-order valence-electron chi connectivity index (χ1n) is 5.90. The molecule has 0 atom stereocenters. The highest BCUT2D eigenvalue weighted by molar-refractivity contribution is 6.66. The van der Waals surface area contributed by atoms with Gasteiger partial charge in [-0.25, -0.2) is 4.79 Å². The van der Waals surface area contributed by atoms with Gasteiger partial charge in [0.05, 0.1) is 5.56 Å². The van der Waals surface area contributed by atoms with Crippen molar-refractivity contribution in [1.82, 2.24) is 0 Å². The number of carbonyl (C=O) groups excluding carboxylic acids is 2. The Bertz CT molecular complexity index is 648. The maximum absolute atomic E-state index is 12.0. The summed E-state index contributed by atoms with van der Waals surface area (Å²) in [7, 11) is 0. The lowest BCUT2D eigenvalue weighted by molar-refractivity contribution is -0.107. The molecule has 0 N–H and O–H groups in total. The molecule has 0 radical (unpaired) electrons. The van der Waals surface area contributed by atoms with E-state index in [1.54, 1.807) is 48.5 Å². The summed E-state index contributed by atoms with van der Waals surface area (Å²) in [5, 5.41) is -0.589. The Morgan fingerprint density at radius 1 is 0.950 bits per heavy atom. The topological polar surface area (TPSA) is 43.4 Å². The first kappa shape index (κ1) is 14.0. The monoisotopic (exact) mass is 286 g/mol. The number of hydrogen-bond donors (Lipinski definition) is 0. The molecule has 0 saturated carbocycles. The minimum absolute atomic E-state index is 0.371. The van der Waals surface area contributed by atoms with E-state index in [-0.39, 0.29) is 0 Å². The molecule has 4 heteroatoms. The van der Waals surface area contributed by atoms with Crippen molar-refractivity contribution in [2.24, 2.45) is 0 Å². The summed E-state index contributed by atoms with van der Waals surface area (Å²) in [6, 6.07) is 15.6. The van der Waals surface area contributed by atoms with E-state index in [1.807, 2.05) is 6.07 Å². The normalized spacial score (nSPS) is 10.4. The van der Waals surface area contributed by atoms with Crippen molar-refractivity contribution < 1.29 is 14.3 Å². The molecule has 0 amide bonds. The molecule has 2 rings (SSSR count). The second-order valence-corrected chi connectivity index (χ2v) is 4.30. The van der Waals surface area contributed by atoms with E-state index in [0.717, 1.165) is 0 Å². The summed E-state index contributed by atoms with van der Waals surface area (Å²) in [5.74, 6) is -0.0841. The zero-order valence-electron chi connectivity index (χ0n) is 10.5. The van der Waals surface area contributed by atoms with Gasteiger partial charge in [-0.3, -0.25) is 4.79 Å². The molecule has 100 valence electrons. The van der Waals surface area contributed by atoms with Crippen LogP contribution in [0.2, 0.25) is 0 Å². The van der Waals surface area contributed by atoms with Crippen molar-refractivity contribution >= 4 is 28.9 Å². The molecule has 0 unspecified atom stereocenters. The Labute approximate surface area is 121 Å². The minimum Gasteiger partial charge on any atom is -0.422 e. The van der Waals surface area contributed by atoms with E-state index in [1.165, 1.54) is 12.2 Å². The maximum atomic E-state index is 12.0. The molecule has 0 aromatic heterocycles. The van der Waals surface area contributed by atoms with Gasteiger partial charge in [0.25, 0.3) is 0 Å². The van der Waals surface area contributed by atoms with Crippen LogP contribution >= 0.6 is 11.6 Å². The molecule has 2 aromatic carbocycles. The number of benzene rings is 2. The predicted molar refractivity (Wildman–Crippen MR) is 77.7 cm³/mol. The van der Waals surface area contributed by atoms with Crippen molar-refractivity contribution in [3.05, 3.63) is 71.8 Å². The summed E-state index contributed by atoms with van der Waals surface area (Å²) in [5.41, 5.74) is 1.06. The smallest absolute Gasteiger partial charge is 0.343 e. The largest absolute Gasteiger partial charge is 0.422 e. The molecular weight excluding hydrogens is 276 g/mol. The number of halogens is 1. The van der Waals surface area contributed by atoms with Gasteiger partial charge in [-0.2, -0.15) is 0 Å². The summed E-state index contributed by atoms with van der Waals surface area (Å²) in [6.07, 6.45) is 2.71. The molecule has 0 heterocycles. The maximum Gasteiger partial charge on any atom is 0.343 e. The third-order valence-corrected chi connectivity index (χ3v) is 2.65. The Kier molecular flexibility index (Phi) is 4.69. The highest BCUT2D eigenvalue weighted by Crippen LogP contribution is 2.21. The van der Waals surface area contributed by atoms with Gasteiger partial charge in [0.2, 0.25) is 5.24 Å². The number of ether oxygens (including phenoxy) is 1. The first-order valence-corrected chi connectivity index (χ1v) is 6.28. The lowest BCUT2D eigenvalue weighted by atomic mass is 10.2. The zero-order valence-corrected chi connectivity index (χ0v) is 11.2. The van der Waals surface area contributed by atoms with Crippen molar-refractivity contribution in [2.45, 2.75) is 0 Å². The van der Waals surface area contributed by atoms with Gasteiger partial charge in [0.15, 0.2) is 0 Å². The van der Waals surface area contributed by atoms with Gasteiger partial charge in [0, 0.05) is 5.56 Å². The lowest BCUT2D eigenvalue weighted by Crippen LogP contribution is -2.08. The van der Waals surface area contributed by atoms with Gasteiger partial charge < -0.3 is 4.74 Å². The van der Waals surface area contributed by atoms with Crippen LogP contribution in [0, 0.1) is 0 Å². The van der Waals surface area contributed by atoms with Crippen LogP contribution in [0.15, 0.2) is 60.7 Å². The summed E-state index contributed by atoms with van der Waals surface area (Å²) in [6.45, 7) is 0. The summed E-state index contributed by atoms with van der Waals surface area (Å²) in [4.78, 5) is 22.7. The predicted octanol–water partition coefficient (Wildman–Crippen LogP) is 3.68. The number of hydrogen-bond acceptors (Lipinski definition) is 3. The van der Waals surface area contributed by atoms with Gasteiger partial charge in [0.1, 0.15) is 5.75 Å². The van der Waals surface area contributed by atoms with Gasteiger partial charge >= 0.3 is 5.97 Å². The molecule has 0 aliphatic carbocycles. The quantitative estimate of drug-likeness (QED) is 0.373. The Morgan fingerprint density at radius 3 is 2.30 bits per heavy atom. The molecule has 0 spiro atoms. The third kappa shape index (κ3) is 3.80. The average molecular weight is 287 g/mol. The number of rotatable bonds is 4. The van der Waals surface area contributed by atoms with Crippen LogP contribution in [0.25, 0.3) is 6.08 Å². The van der Waals surface area contributed by atoms with E-state index in [0.29, 0.717) is 16.9 Å². The second kappa shape index (κ2) is 6.68. The van der Waals surface area contributed by atoms with Crippen LogP contribution in [0.5, 0.6) is 5.75 Å². The Morgan fingerprint density at radius 2 is 1.60 bits per heavy atom. The number of para-hydroxylation sites is 1. The molecule has 0 aliphatic rings. The first-order chi connectivity index (χ1) is 9.66. The van der Waals surface area contributed by atoms with Crippen LogP contribution in [-0.4, -0.2) is 11.2 Å². The lowest BCUT2D eigenvalue weighted by Gasteiger charge is -2.07. The van der Waals surface area contributed by atoms with Crippen LogP contribution in [-0.2, 0) is 4.79 Å². The SMILES string of the molecule is O=C(Cl)/C=C/c1ccccc1OC(=O)c1ccccc1. The molecule has 0 fully saturated rings. The molecule has 0 saturated heterocycles. The van der Waals surface area contributed by atoms with Crippen LogP contribution in [0.4, 0.5) is 0 Å². The van der Waals surface area contributed by atoms with E-state index < -0.39 is 11.2 Å². The average Bonchev–Trinajstić information content (AvgIpc) is 2.47. The third-order valence-electron chi connectivity index (χ3n) is 2.53. The molecule has 0 bridgehead atoms. The second-order valence-electron chi connectivity index (χ2n) is 3.93. The molecule has 2 aromatic rings. The van der Waals surface area contributed by atoms with E-state index in [4.69, 9.17) is 16.3 Å². The van der Waals surface area contributed by atoms with Crippen LogP contribution in [0.3, 0.4) is 0 Å². The van der Waals surface area contributed by atoms with Crippen LogP contribution < -0.4 is 4.74 Å². The summed E-state index contributed by atoms with van der Waals surface area (Å²) < 4.78 is 5.32. The fraction of sp³-hybridized carbons (Fsp3) is 0. The highest BCUT2D eigenvalue weighted by Gasteiger charge is 2.09. The number of esters is 1. The van der Waals surface area contributed by atoms with Gasteiger partial charge in [-0.15, -0.1) is 0 Å². The molecular formula is C16H11ClO3. The van der Waals surface area contributed by atoms with Crippen LogP contribution in [0.1, 0.15) is 15.9 Å². The van der Waals surface area contributed by atoms with Gasteiger partial charge in [-0.1, -0.05) is 36.4 Å². The van der Waals surface area contributed by atoms with Crippen molar-refractivity contribution in [3.8, 4) is 5.75 Å².